The van der Waals surface area contributed by atoms with E-state index in [1.165, 1.54) is 0 Å². The lowest BCUT2D eigenvalue weighted by molar-refractivity contribution is 0.397. The van der Waals surface area contributed by atoms with E-state index in [1.54, 1.807) is 23.3 Å². The summed E-state index contributed by atoms with van der Waals surface area (Å²) in [5.41, 5.74) is 2.09. The molecule has 94 valence electrons. The molecule has 0 spiro atoms. The molecule has 0 N–H and O–H groups in total. The minimum atomic E-state index is 0.825. The molecule has 0 saturated carbocycles. The van der Waals surface area contributed by atoms with Gasteiger partial charge in [0.05, 0.1) is 19.8 Å². The van der Waals surface area contributed by atoms with Gasteiger partial charge in [0.2, 0.25) is 0 Å². The average molecular weight is 262 g/mol. The Morgan fingerprint density at radius 1 is 0.778 bits per heavy atom. The van der Waals surface area contributed by atoms with Gasteiger partial charge in [0.15, 0.2) is 0 Å². The highest BCUT2D eigenvalue weighted by atomic mass is 31.0. The Morgan fingerprint density at radius 2 is 1.28 bits per heavy atom. The first kappa shape index (κ1) is 14.2. The van der Waals surface area contributed by atoms with Crippen LogP contribution in [-0.2, 0) is 4.57 Å². The molecule has 2 aromatic carbocycles. The fourth-order valence-electron chi connectivity index (χ4n) is 1.74. The van der Waals surface area contributed by atoms with Crippen molar-refractivity contribution in [2.45, 2.75) is 0 Å². The third-order valence-corrected chi connectivity index (χ3v) is 2.49. The molecule has 0 saturated heterocycles. The molecule has 0 unspecified atom stereocenters. The van der Waals surface area contributed by atoms with Gasteiger partial charge in [-0.15, -0.1) is 0 Å². The fraction of sp³-hybridized carbons (Fsp3) is 0.143. The Bertz CT molecular complexity index is 463. The molecule has 3 nitrogen and oxygen atoms in total. The first-order valence-electron chi connectivity index (χ1n) is 5.33. The highest BCUT2D eigenvalue weighted by Crippen LogP contribution is 2.37. The zero-order valence-corrected chi connectivity index (χ0v) is 11.3. The van der Waals surface area contributed by atoms with Crippen LogP contribution < -0.4 is 9.47 Å². The van der Waals surface area contributed by atoms with E-state index in [1.807, 2.05) is 48.5 Å². The summed E-state index contributed by atoms with van der Waals surface area (Å²) in [4.78, 5) is 0. The van der Waals surface area contributed by atoms with Crippen LogP contribution in [0.15, 0.2) is 48.5 Å². The van der Waals surface area contributed by atoms with Gasteiger partial charge < -0.3 is 9.47 Å². The van der Waals surface area contributed by atoms with Gasteiger partial charge in [-0.1, -0.05) is 36.4 Å². The summed E-state index contributed by atoms with van der Waals surface area (Å²) in [5.74, 6) is 1.65. The topological polar surface area (TPSA) is 35.5 Å². The first-order chi connectivity index (χ1) is 8.86. The standard InChI is InChI=1S/C14H14O2.HOP/c1-15-12-9-6-10-13(16-2)14(12)11-7-4-3-5-8-11;1-2/h3-10H,1-2H3;2H. The second-order valence-corrected chi connectivity index (χ2v) is 3.40. The molecule has 0 aliphatic carbocycles. The Labute approximate surface area is 109 Å². The van der Waals surface area contributed by atoms with Gasteiger partial charge in [0.25, 0.3) is 0 Å². The van der Waals surface area contributed by atoms with E-state index in [0.29, 0.717) is 0 Å². The maximum Gasteiger partial charge on any atom is 0.138 e. The summed E-state index contributed by atoms with van der Waals surface area (Å²) >= 11 is 0. The quantitative estimate of drug-likeness (QED) is 0.788. The molecule has 0 radical (unpaired) electrons. The van der Waals surface area contributed by atoms with E-state index in [4.69, 9.17) is 14.0 Å². The molecule has 0 bridgehead atoms. The second kappa shape index (κ2) is 7.46. The van der Waals surface area contributed by atoms with Crippen LogP contribution >= 0.6 is 9.12 Å². The number of rotatable bonds is 3. The minimum Gasteiger partial charge on any atom is -0.496 e. The van der Waals surface area contributed by atoms with Crippen LogP contribution in [0.4, 0.5) is 0 Å². The number of hydrogen-bond acceptors (Lipinski definition) is 3. The summed E-state index contributed by atoms with van der Waals surface area (Å²) < 4.78 is 18.8. The average Bonchev–Trinajstić information content (AvgIpc) is 2.49. The zero-order valence-electron chi connectivity index (χ0n) is 10.3. The largest absolute Gasteiger partial charge is 0.496 e. The molecule has 0 aromatic heterocycles. The van der Waals surface area contributed by atoms with Crippen LogP contribution in [0.2, 0.25) is 0 Å². The molecule has 4 heteroatoms. The van der Waals surface area contributed by atoms with Crippen molar-refractivity contribution >= 4 is 9.12 Å². The lowest BCUT2D eigenvalue weighted by atomic mass is 10.0. The van der Waals surface area contributed by atoms with E-state index < -0.39 is 0 Å². The monoisotopic (exact) mass is 262 g/mol. The third kappa shape index (κ3) is 3.08. The first-order valence-corrected chi connectivity index (χ1v) is 5.74. The van der Waals surface area contributed by atoms with Crippen molar-refractivity contribution in [1.82, 2.24) is 0 Å². The van der Waals surface area contributed by atoms with E-state index in [-0.39, 0.29) is 0 Å². The minimum absolute atomic E-state index is 0.825. The Morgan fingerprint density at radius 3 is 1.72 bits per heavy atom. The Balaban J connectivity index is 0.000000771. The normalized spacial score (nSPS) is 9.00. The molecule has 0 aliphatic heterocycles. The Hall–Kier alpha value is -1.86. The molecular formula is C14H15O3P. The summed E-state index contributed by atoms with van der Waals surface area (Å²) in [6.07, 6.45) is 0. The molecule has 2 rings (SSSR count). The zero-order chi connectivity index (χ0) is 13.4. The van der Waals surface area contributed by atoms with Crippen molar-refractivity contribution in [1.29, 1.82) is 0 Å². The van der Waals surface area contributed by atoms with E-state index in [0.717, 1.165) is 22.6 Å². The van der Waals surface area contributed by atoms with Crippen LogP contribution in [0.25, 0.3) is 11.1 Å². The van der Waals surface area contributed by atoms with Gasteiger partial charge in [0, 0.05) is 0 Å². The molecule has 0 fully saturated rings. The van der Waals surface area contributed by atoms with Gasteiger partial charge in [-0.2, -0.15) is 0 Å². The molecule has 0 atom stereocenters. The molecule has 18 heavy (non-hydrogen) atoms. The molecule has 2 aromatic rings. The SMILES string of the molecule is COc1cccc(OC)c1-c1ccccc1.O=P. The van der Waals surface area contributed by atoms with Crippen molar-refractivity contribution in [3.63, 3.8) is 0 Å². The van der Waals surface area contributed by atoms with Crippen LogP contribution in [-0.4, -0.2) is 14.2 Å². The maximum atomic E-state index is 8.06. The van der Waals surface area contributed by atoms with E-state index >= 15 is 0 Å². The summed E-state index contributed by atoms with van der Waals surface area (Å²) in [7, 11) is 5.06. The van der Waals surface area contributed by atoms with Crippen LogP contribution in [0.1, 0.15) is 0 Å². The van der Waals surface area contributed by atoms with Gasteiger partial charge in [0.1, 0.15) is 20.6 Å². The van der Waals surface area contributed by atoms with Crippen molar-refractivity contribution in [2.75, 3.05) is 14.2 Å². The molecule has 0 amide bonds. The number of hydrogen-bond donors (Lipinski definition) is 0. The van der Waals surface area contributed by atoms with Crippen molar-refractivity contribution in [2.24, 2.45) is 0 Å². The lowest BCUT2D eigenvalue weighted by Crippen LogP contribution is -1.92. The van der Waals surface area contributed by atoms with E-state index in [2.05, 4.69) is 0 Å². The van der Waals surface area contributed by atoms with Gasteiger partial charge in [-0.05, 0) is 17.7 Å². The Kier molecular flexibility index (Phi) is 5.89. The highest BCUT2D eigenvalue weighted by molar-refractivity contribution is 7.00. The van der Waals surface area contributed by atoms with E-state index in [9.17, 15) is 0 Å². The van der Waals surface area contributed by atoms with Crippen LogP contribution in [0.5, 0.6) is 11.5 Å². The maximum absolute atomic E-state index is 8.06. The molecular weight excluding hydrogens is 247 g/mol. The summed E-state index contributed by atoms with van der Waals surface area (Å²) in [5, 5.41) is 0. The summed E-state index contributed by atoms with van der Waals surface area (Å²) in [6, 6.07) is 15.9. The van der Waals surface area contributed by atoms with Gasteiger partial charge in [-0.3, -0.25) is 4.57 Å². The highest BCUT2D eigenvalue weighted by Gasteiger charge is 2.10. The lowest BCUT2D eigenvalue weighted by Gasteiger charge is -2.12. The van der Waals surface area contributed by atoms with Crippen molar-refractivity contribution < 1.29 is 14.0 Å². The number of methoxy groups -OCH3 is 2. The smallest absolute Gasteiger partial charge is 0.138 e. The van der Waals surface area contributed by atoms with Gasteiger partial charge in [-0.25, -0.2) is 0 Å². The van der Waals surface area contributed by atoms with Crippen molar-refractivity contribution in [3.8, 4) is 22.6 Å². The predicted molar refractivity (Wildman–Crippen MR) is 74.0 cm³/mol. The molecule has 0 heterocycles. The molecule has 0 aliphatic rings. The number of ether oxygens (including phenoxy) is 2. The van der Waals surface area contributed by atoms with Gasteiger partial charge >= 0.3 is 0 Å². The predicted octanol–water partition coefficient (Wildman–Crippen LogP) is 3.85. The third-order valence-electron chi connectivity index (χ3n) is 2.49. The van der Waals surface area contributed by atoms with Crippen molar-refractivity contribution in [3.05, 3.63) is 48.5 Å². The summed E-state index contributed by atoms with van der Waals surface area (Å²) in [6.45, 7) is 0. The van der Waals surface area contributed by atoms with Crippen LogP contribution in [0.3, 0.4) is 0 Å². The second-order valence-electron chi connectivity index (χ2n) is 3.40. The fourth-order valence-corrected chi connectivity index (χ4v) is 1.74. The van der Waals surface area contributed by atoms with Crippen LogP contribution in [0, 0.1) is 0 Å². The number of benzene rings is 2.